The summed E-state index contributed by atoms with van der Waals surface area (Å²) in [6, 6.07) is 0. The van der Waals surface area contributed by atoms with Crippen molar-refractivity contribution in [1.29, 1.82) is 0 Å². The first kappa shape index (κ1) is 13.0. The van der Waals surface area contributed by atoms with Crippen molar-refractivity contribution in [2.24, 2.45) is 0 Å². The third-order valence-corrected chi connectivity index (χ3v) is 3.04. The Balaban J connectivity index is 0.000000574. The van der Waals surface area contributed by atoms with Gasteiger partial charge < -0.3 is 9.67 Å². The maximum Gasteiger partial charge on any atom is 0.163 e. The highest BCUT2D eigenvalue weighted by atomic mass is 16.3. The Labute approximate surface area is 107 Å². The van der Waals surface area contributed by atoms with Crippen LogP contribution in [-0.2, 0) is 6.54 Å². The van der Waals surface area contributed by atoms with E-state index in [9.17, 15) is 5.11 Å². The molecule has 18 heavy (non-hydrogen) atoms. The number of aromatic nitrogens is 4. The number of rotatable bonds is 2. The molecule has 1 fully saturated rings. The number of hydrogen-bond donors (Lipinski definition) is 1. The summed E-state index contributed by atoms with van der Waals surface area (Å²) in [6.45, 7) is 8.38. The Hall–Kier alpha value is -1.49. The second-order valence-corrected chi connectivity index (χ2v) is 4.63. The zero-order valence-corrected chi connectivity index (χ0v) is 11.4. The van der Waals surface area contributed by atoms with Gasteiger partial charge in [-0.25, -0.2) is 15.0 Å². The SMILES string of the molecule is CC.Cc1nc(C)c2ncn(CC3(O)CC3)c2n1. The molecule has 1 aliphatic carbocycles. The van der Waals surface area contributed by atoms with Crippen molar-refractivity contribution in [1.82, 2.24) is 19.5 Å². The minimum absolute atomic E-state index is 0.527. The van der Waals surface area contributed by atoms with E-state index in [0.717, 1.165) is 35.5 Å². The second kappa shape index (κ2) is 4.65. The van der Waals surface area contributed by atoms with Crippen molar-refractivity contribution < 1.29 is 5.11 Å². The molecule has 1 N–H and O–H groups in total. The fourth-order valence-electron chi connectivity index (χ4n) is 1.96. The fourth-order valence-corrected chi connectivity index (χ4v) is 1.96. The molecular weight excluding hydrogens is 228 g/mol. The standard InChI is InChI=1S/C11H14N4O.C2H6/c1-7-9-10(14-8(2)13-7)15(6-12-9)5-11(16)3-4-11;1-2/h6,16H,3-5H2,1-2H3;1-2H3. The lowest BCUT2D eigenvalue weighted by molar-refractivity contribution is 0.130. The molecular formula is C13H20N4O. The van der Waals surface area contributed by atoms with Crippen LogP contribution in [-0.4, -0.2) is 30.2 Å². The molecule has 0 aliphatic heterocycles. The zero-order valence-electron chi connectivity index (χ0n) is 11.4. The molecule has 0 saturated heterocycles. The van der Waals surface area contributed by atoms with Gasteiger partial charge in [-0.1, -0.05) is 13.8 Å². The van der Waals surface area contributed by atoms with Gasteiger partial charge in [-0.3, -0.25) is 0 Å². The quantitative estimate of drug-likeness (QED) is 0.882. The molecule has 0 bridgehead atoms. The van der Waals surface area contributed by atoms with Crippen LogP contribution in [0.1, 0.15) is 38.2 Å². The van der Waals surface area contributed by atoms with E-state index in [4.69, 9.17) is 0 Å². The minimum atomic E-state index is -0.527. The minimum Gasteiger partial charge on any atom is -0.388 e. The van der Waals surface area contributed by atoms with Gasteiger partial charge in [0, 0.05) is 0 Å². The van der Waals surface area contributed by atoms with Gasteiger partial charge >= 0.3 is 0 Å². The first-order chi connectivity index (χ1) is 8.57. The van der Waals surface area contributed by atoms with E-state index in [1.165, 1.54) is 0 Å². The summed E-state index contributed by atoms with van der Waals surface area (Å²) in [7, 11) is 0. The van der Waals surface area contributed by atoms with Gasteiger partial charge in [0.15, 0.2) is 5.65 Å². The number of fused-ring (bicyclic) bond motifs is 1. The number of imidazole rings is 1. The average molecular weight is 248 g/mol. The topological polar surface area (TPSA) is 63.8 Å². The summed E-state index contributed by atoms with van der Waals surface area (Å²) in [6.07, 6.45) is 3.48. The predicted molar refractivity (Wildman–Crippen MR) is 70.3 cm³/mol. The summed E-state index contributed by atoms with van der Waals surface area (Å²) in [4.78, 5) is 13.0. The van der Waals surface area contributed by atoms with Gasteiger partial charge in [0.2, 0.25) is 0 Å². The van der Waals surface area contributed by atoms with Crippen molar-refractivity contribution in [3.05, 3.63) is 17.8 Å². The van der Waals surface area contributed by atoms with Crippen LogP contribution in [0.5, 0.6) is 0 Å². The monoisotopic (exact) mass is 248 g/mol. The number of aliphatic hydroxyl groups is 1. The largest absolute Gasteiger partial charge is 0.388 e. The van der Waals surface area contributed by atoms with Crippen molar-refractivity contribution in [2.45, 2.75) is 52.7 Å². The van der Waals surface area contributed by atoms with Crippen LogP contribution in [0.3, 0.4) is 0 Å². The van der Waals surface area contributed by atoms with Gasteiger partial charge in [0.1, 0.15) is 11.3 Å². The highest BCUT2D eigenvalue weighted by Crippen LogP contribution is 2.37. The smallest absolute Gasteiger partial charge is 0.163 e. The van der Waals surface area contributed by atoms with Crippen LogP contribution >= 0.6 is 0 Å². The Kier molecular flexibility index (Phi) is 3.34. The molecule has 5 heteroatoms. The van der Waals surface area contributed by atoms with Crippen molar-refractivity contribution in [2.75, 3.05) is 0 Å². The van der Waals surface area contributed by atoms with E-state index in [2.05, 4.69) is 15.0 Å². The molecule has 0 amide bonds. The van der Waals surface area contributed by atoms with Gasteiger partial charge in [0.25, 0.3) is 0 Å². The Bertz CT molecular complexity index is 557. The number of hydrogen-bond acceptors (Lipinski definition) is 4. The molecule has 3 rings (SSSR count). The van der Waals surface area contributed by atoms with Crippen LogP contribution < -0.4 is 0 Å². The normalized spacial score (nSPS) is 16.3. The lowest BCUT2D eigenvalue weighted by Crippen LogP contribution is -2.16. The Morgan fingerprint density at radius 1 is 1.28 bits per heavy atom. The zero-order chi connectivity index (χ0) is 13.3. The Morgan fingerprint density at radius 3 is 2.56 bits per heavy atom. The van der Waals surface area contributed by atoms with Gasteiger partial charge in [0.05, 0.1) is 24.2 Å². The maximum atomic E-state index is 9.91. The number of nitrogens with zero attached hydrogens (tertiary/aromatic N) is 4. The molecule has 0 atom stereocenters. The summed E-state index contributed by atoms with van der Waals surface area (Å²) < 4.78 is 1.92. The molecule has 2 aromatic rings. The molecule has 1 aliphatic rings. The highest BCUT2D eigenvalue weighted by Gasteiger charge is 2.41. The predicted octanol–water partition coefficient (Wildman–Crippen LogP) is 1.99. The highest BCUT2D eigenvalue weighted by molar-refractivity contribution is 5.73. The summed E-state index contributed by atoms with van der Waals surface area (Å²) in [5.74, 6) is 0.745. The van der Waals surface area contributed by atoms with Crippen LogP contribution in [0.4, 0.5) is 0 Å². The van der Waals surface area contributed by atoms with E-state index in [-0.39, 0.29) is 0 Å². The van der Waals surface area contributed by atoms with E-state index >= 15 is 0 Å². The first-order valence-electron chi connectivity index (χ1n) is 6.46. The third kappa shape index (κ3) is 2.36. The molecule has 1 saturated carbocycles. The Morgan fingerprint density at radius 2 is 1.94 bits per heavy atom. The molecule has 2 aromatic heterocycles. The maximum absolute atomic E-state index is 9.91. The fraction of sp³-hybridized carbons (Fsp3) is 0.615. The molecule has 0 radical (unpaired) electrons. The van der Waals surface area contributed by atoms with E-state index in [1.807, 2.05) is 32.3 Å². The van der Waals surface area contributed by atoms with Crippen LogP contribution in [0.25, 0.3) is 11.2 Å². The summed E-state index contributed by atoms with van der Waals surface area (Å²) in [5, 5.41) is 9.91. The van der Waals surface area contributed by atoms with Crippen molar-refractivity contribution in [3.63, 3.8) is 0 Å². The van der Waals surface area contributed by atoms with Gasteiger partial charge in [-0.15, -0.1) is 0 Å². The average Bonchev–Trinajstić information content (AvgIpc) is 2.93. The van der Waals surface area contributed by atoms with E-state index < -0.39 is 5.60 Å². The molecule has 5 nitrogen and oxygen atoms in total. The molecule has 0 spiro atoms. The van der Waals surface area contributed by atoms with E-state index in [1.54, 1.807) is 6.33 Å². The number of aryl methyl sites for hydroxylation is 2. The van der Waals surface area contributed by atoms with Crippen molar-refractivity contribution in [3.8, 4) is 0 Å². The second-order valence-electron chi connectivity index (χ2n) is 4.63. The molecule has 2 heterocycles. The van der Waals surface area contributed by atoms with Crippen molar-refractivity contribution >= 4 is 11.2 Å². The third-order valence-electron chi connectivity index (χ3n) is 3.04. The van der Waals surface area contributed by atoms with Gasteiger partial charge in [-0.05, 0) is 26.7 Å². The molecule has 0 unspecified atom stereocenters. The molecule has 0 aromatic carbocycles. The van der Waals surface area contributed by atoms with Crippen LogP contribution in [0.2, 0.25) is 0 Å². The van der Waals surface area contributed by atoms with E-state index in [0.29, 0.717) is 6.54 Å². The lowest BCUT2D eigenvalue weighted by Gasteiger charge is -2.09. The van der Waals surface area contributed by atoms with Crippen LogP contribution in [0.15, 0.2) is 6.33 Å². The summed E-state index contributed by atoms with van der Waals surface area (Å²) >= 11 is 0. The van der Waals surface area contributed by atoms with Gasteiger partial charge in [-0.2, -0.15) is 0 Å². The summed E-state index contributed by atoms with van der Waals surface area (Å²) in [5.41, 5.74) is 2.02. The lowest BCUT2D eigenvalue weighted by atomic mass is 10.3. The molecule has 98 valence electrons. The van der Waals surface area contributed by atoms with Crippen LogP contribution in [0, 0.1) is 13.8 Å². The first-order valence-corrected chi connectivity index (χ1v) is 6.46.